The van der Waals surface area contributed by atoms with Crippen LogP contribution in [0.1, 0.15) is 42.2 Å². The quantitative estimate of drug-likeness (QED) is 0.895. The maximum absolute atomic E-state index is 12.2. The molecule has 0 radical (unpaired) electrons. The summed E-state index contributed by atoms with van der Waals surface area (Å²) in [4.78, 5) is 11.4. The fourth-order valence-electron chi connectivity index (χ4n) is 1.31. The van der Waals surface area contributed by atoms with E-state index in [0.29, 0.717) is 4.88 Å². The topological polar surface area (TPSA) is 83.5 Å². The van der Waals surface area contributed by atoms with Crippen LogP contribution in [0.2, 0.25) is 0 Å². The van der Waals surface area contributed by atoms with Crippen LogP contribution in [-0.2, 0) is 10.0 Å². The Bertz CT molecular complexity index is 581. The molecule has 1 aromatic heterocycles. The molecule has 108 valence electrons. The van der Waals surface area contributed by atoms with Gasteiger partial charge in [0.2, 0.25) is 10.0 Å². The standard InChI is InChI=1S/C12H19NO4S2/c1-7-10(6-9(18-7)11(14)15)19(16,17)13-8(2)12(3,4)5/h6,8,13H,1-5H3,(H,14,15). The number of carboxylic acid groups (broad SMARTS) is 1. The van der Waals surface area contributed by atoms with Gasteiger partial charge in [-0.3, -0.25) is 0 Å². The first kappa shape index (κ1) is 16.1. The number of carbonyl (C=O) groups is 1. The number of hydrogen-bond donors (Lipinski definition) is 2. The van der Waals surface area contributed by atoms with Gasteiger partial charge in [0.15, 0.2) is 0 Å². The van der Waals surface area contributed by atoms with E-state index >= 15 is 0 Å². The molecule has 0 saturated heterocycles. The van der Waals surface area contributed by atoms with Crippen molar-refractivity contribution in [2.75, 3.05) is 0 Å². The van der Waals surface area contributed by atoms with Crippen LogP contribution in [0.3, 0.4) is 0 Å². The van der Waals surface area contributed by atoms with Crippen molar-refractivity contribution in [2.24, 2.45) is 5.41 Å². The van der Waals surface area contributed by atoms with Crippen molar-refractivity contribution < 1.29 is 18.3 Å². The molecule has 0 saturated carbocycles. The summed E-state index contributed by atoms with van der Waals surface area (Å²) in [5.74, 6) is -1.11. The van der Waals surface area contributed by atoms with Crippen molar-refractivity contribution in [2.45, 2.75) is 45.6 Å². The zero-order chi connectivity index (χ0) is 15.0. The highest BCUT2D eigenvalue weighted by molar-refractivity contribution is 7.89. The number of carboxylic acids is 1. The summed E-state index contributed by atoms with van der Waals surface area (Å²) in [6.07, 6.45) is 0. The van der Waals surface area contributed by atoms with Crippen molar-refractivity contribution in [3.05, 3.63) is 15.8 Å². The average molecular weight is 305 g/mol. The van der Waals surface area contributed by atoms with Crippen LogP contribution in [-0.4, -0.2) is 25.5 Å². The van der Waals surface area contributed by atoms with Gasteiger partial charge < -0.3 is 5.11 Å². The van der Waals surface area contributed by atoms with Crippen LogP contribution in [0.4, 0.5) is 0 Å². The first-order chi connectivity index (χ1) is 8.45. The molecule has 0 spiro atoms. The van der Waals surface area contributed by atoms with Crippen LogP contribution in [0.5, 0.6) is 0 Å². The van der Waals surface area contributed by atoms with E-state index in [1.54, 1.807) is 13.8 Å². The molecule has 1 heterocycles. The van der Waals surface area contributed by atoms with Gasteiger partial charge in [-0.1, -0.05) is 20.8 Å². The summed E-state index contributed by atoms with van der Waals surface area (Å²) in [7, 11) is -3.69. The highest BCUT2D eigenvalue weighted by Crippen LogP contribution is 2.27. The summed E-state index contributed by atoms with van der Waals surface area (Å²) < 4.78 is 27.1. The second kappa shape index (κ2) is 5.22. The molecule has 0 aliphatic heterocycles. The lowest BCUT2D eigenvalue weighted by Crippen LogP contribution is -2.41. The molecule has 5 nitrogen and oxygen atoms in total. The van der Waals surface area contributed by atoms with Gasteiger partial charge in [-0.25, -0.2) is 17.9 Å². The van der Waals surface area contributed by atoms with Gasteiger partial charge in [0, 0.05) is 10.9 Å². The number of rotatable bonds is 4. The fraction of sp³-hybridized carbons (Fsp3) is 0.583. The van der Waals surface area contributed by atoms with E-state index in [1.165, 1.54) is 6.07 Å². The summed E-state index contributed by atoms with van der Waals surface area (Å²) in [6.45, 7) is 9.20. The summed E-state index contributed by atoms with van der Waals surface area (Å²) in [5, 5.41) is 8.89. The van der Waals surface area contributed by atoms with Crippen molar-refractivity contribution in [1.82, 2.24) is 4.72 Å². The minimum absolute atomic E-state index is 0.0290. The minimum atomic E-state index is -3.69. The number of hydrogen-bond acceptors (Lipinski definition) is 4. The molecule has 1 rings (SSSR count). The van der Waals surface area contributed by atoms with Crippen LogP contribution in [0.25, 0.3) is 0 Å². The van der Waals surface area contributed by atoms with E-state index in [0.717, 1.165) is 11.3 Å². The second-order valence-corrected chi connectivity index (χ2v) is 8.48. The molecule has 1 atom stereocenters. The number of thiophene rings is 1. The lowest BCUT2D eigenvalue weighted by molar-refractivity contribution is 0.0702. The zero-order valence-electron chi connectivity index (χ0n) is 11.6. The third kappa shape index (κ3) is 3.77. The van der Waals surface area contributed by atoms with E-state index in [2.05, 4.69) is 4.72 Å². The van der Waals surface area contributed by atoms with E-state index < -0.39 is 16.0 Å². The smallest absolute Gasteiger partial charge is 0.345 e. The third-order valence-corrected chi connectivity index (χ3v) is 5.84. The van der Waals surface area contributed by atoms with Crippen LogP contribution < -0.4 is 4.72 Å². The van der Waals surface area contributed by atoms with Crippen LogP contribution in [0, 0.1) is 12.3 Å². The van der Waals surface area contributed by atoms with Crippen LogP contribution >= 0.6 is 11.3 Å². The summed E-state index contributed by atoms with van der Waals surface area (Å²) >= 11 is 0.965. The molecule has 0 aliphatic carbocycles. The second-order valence-electron chi connectivity index (χ2n) is 5.55. The highest BCUT2D eigenvalue weighted by Gasteiger charge is 2.28. The third-order valence-electron chi connectivity index (χ3n) is 3.00. The molecular weight excluding hydrogens is 286 g/mol. The van der Waals surface area contributed by atoms with Crippen molar-refractivity contribution in [3.8, 4) is 0 Å². The summed E-state index contributed by atoms with van der Waals surface area (Å²) in [5.41, 5.74) is -0.216. The van der Waals surface area contributed by atoms with Gasteiger partial charge in [-0.15, -0.1) is 11.3 Å². The average Bonchev–Trinajstić information content (AvgIpc) is 2.59. The van der Waals surface area contributed by atoms with Crippen molar-refractivity contribution in [3.63, 3.8) is 0 Å². The maximum atomic E-state index is 12.2. The Labute approximate surface area is 117 Å². The first-order valence-corrected chi connectivity index (χ1v) is 8.11. The molecule has 0 aromatic carbocycles. The van der Waals surface area contributed by atoms with Gasteiger partial charge in [-0.05, 0) is 25.3 Å². The van der Waals surface area contributed by atoms with E-state index in [1.807, 2.05) is 20.8 Å². The number of aromatic carboxylic acids is 1. The Balaban J connectivity index is 3.11. The monoisotopic (exact) mass is 305 g/mol. The molecule has 1 aromatic rings. The molecule has 0 aliphatic rings. The van der Waals surface area contributed by atoms with E-state index in [-0.39, 0.29) is 21.2 Å². The lowest BCUT2D eigenvalue weighted by atomic mass is 9.89. The van der Waals surface area contributed by atoms with Gasteiger partial charge in [0.25, 0.3) is 0 Å². The Morgan fingerprint density at radius 2 is 1.95 bits per heavy atom. The Morgan fingerprint density at radius 1 is 1.42 bits per heavy atom. The number of aryl methyl sites for hydroxylation is 1. The normalized spacial score (nSPS) is 14.4. The van der Waals surface area contributed by atoms with Gasteiger partial charge in [0.1, 0.15) is 4.88 Å². The SMILES string of the molecule is Cc1sc(C(=O)O)cc1S(=O)(=O)NC(C)C(C)(C)C. The van der Waals surface area contributed by atoms with E-state index in [4.69, 9.17) is 5.11 Å². The number of nitrogens with one attached hydrogen (secondary N) is 1. The molecule has 7 heteroatoms. The largest absolute Gasteiger partial charge is 0.477 e. The van der Waals surface area contributed by atoms with Crippen molar-refractivity contribution >= 4 is 27.3 Å². The van der Waals surface area contributed by atoms with E-state index in [9.17, 15) is 13.2 Å². The van der Waals surface area contributed by atoms with Gasteiger partial charge in [-0.2, -0.15) is 0 Å². The maximum Gasteiger partial charge on any atom is 0.345 e. The van der Waals surface area contributed by atoms with Crippen molar-refractivity contribution in [1.29, 1.82) is 0 Å². The summed E-state index contributed by atoms with van der Waals surface area (Å²) in [6, 6.07) is 0.949. The van der Waals surface area contributed by atoms with Gasteiger partial charge >= 0.3 is 5.97 Å². The van der Waals surface area contributed by atoms with Crippen LogP contribution in [0.15, 0.2) is 11.0 Å². The Kier molecular flexibility index (Phi) is 4.44. The lowest BCUT2D eigenvalue weighted by Gasteiger charge is -2.27. The Hall–Kier alpha value is -0.920. The Morgan fingerprint density at radius 3 is 2.32 bits per heavy atom. The number of sulfonamides is 1. The molecule has 1 unspecified atom stereocenters. The first-order valence-electron chi connectivity index (χ1n) is 5.81. The zero-order valence-corrected chi connectivity index (χ0v) is 13.3. The predicted octanol–water partition coefficient (Wildman–Crippen LogP) is 2.47. The molecule has 0 fully saturated rings. The molecule has 19 heavy (non-hydrogen) atoms. The minimum Gasteiger partial charge on any atom is -0.477 e. The molecule has 0 bridgehead atoms. The predicted molar refractivity (Wildman–Crippen MR) is 75.3 cm³/mol. The van der Waals surface area contributed by atoms with Gasteiger partial charge in [0.05, 0.1) is 4.90 Å². The molecule has 2 N–H and O–H groups in total. The molecule has 0 amide bonds. The fourth-order valence-corrected chi connectivity index (χ4v) is 4.19. The highest BCUT2D eigenvalue weighted by atomic mass is 32.2. The molecular formula is C12H19NO4S2.